The molecule has 1 aromatic heterocycles. The number of carbonyl (C=O) groups is 2. The summed E-state index contributed by atoms with van der Waals surface area (Å²) in [6, 6.07) is 33.0. The van der Waals surface area contributed by atoms with Gasteiger partial charge in [-0.1, -0.05) is 0 Å². The molecule has 0 atom stereocenters. The molecule has 0 fully saturated rings. The Balaban J connectivity index is 1.30. The Morgan fingerprint density at radius 1 is 0.629 bits per heavy atom. The molecule has 0 saturated carbocycles. The van der Waals surface area contributed by atoms with E-state index in [2.05, 4.69) is 65.6 Å². The summed E-state index contributed by atoms with van der Waals surface area (Å²) in [5.74, 6) is -0.338. The Morgan fingerprint density at radius 3 is 1.77 bits per heavy atom. The van der Waals surface area contributed by atoms with Gasteiger partial charge in [-0.3, -0.25) is 0 Å². The number of allylic oxidation sites excluding steroid dienone is 1. The van der Waals surface area contributed by atoms with Gasteiger partial charge in [-0.05, 0) is 0 Å². The molecule has 0 N–H and O–H groups in total. The van der Waals surface area contributed by atoms with Gasteiger partial charge in [-0.2, -0.15) is 0 Å². The molecule has 2 heterocycles. The third-order valence-corrected chi connectivity index (χ3v) is 10.9. The zero-order valence-corrected chi connectivity index (χ0v) is 21.8. The van der Waals surface area contributed by atoms with E-state index in [0.717, 1.165) is 15.2 Å². The maximum atomic E-state index is 13.2. The first-order chi connectivity index (χ1) is 17.2. The van der Waals surface area contributed by atoms with Crippen LogP contribution in [0.4, 0.5) is 15.9 Å². The van der Waals surface area contributed by atoms with Crippen LogP contribution in [-0.4, -0.2) is 41.0 Å². The van der Waals surface area contributed by atoms with Gasteiger partial charge in [-0.25, -0.2) is 0 Å². The van der Waals surface area contributed by atoms with Gasteiger partial charge < -0.3 is 0 Å². The molecule has 0 spiro atoms. The molecule has 2 aliphatic rings. The maximum absolute atomic E-state index is 13.2. The molecule has 0 amide bonds. The fourth-order valence-corrected chi connectivity index (χ4v) is 9.04. The first-order valence-corrected chi connectivity index (χ1v) is 14.7. The van der Waals surface area contributed by atoms with Crippen molar-refractivity contribution in [2.45, 2.75) is 0 Å². The first-order valence-electron chi connectivity index (χ1n) is 11.3. The molecule has 166 valence electrons. The van der Waals surface area contributed by atoms with Crippen LogP contribution < -0.4 is 13.8 Å². The fourth-order valence-electron chi connectivity index (χ4n) is 4.76. The van der Waals surface area contributed by atoms with Gasteiger partial charge in [0.25, 0.3) is 0 Å². The van der Waals surface area contributed by atoms with E-state index in [-0.39, 0.29) is 46.6 Å². The molecule has 0 bridgehead atoms. The zero-order valence-electron chi connectivity index (χ0n) is 18.4. The Labute approximate surface area is 214 Å². The van der Waals surface area contributed by atoms with Crippen molar-refractivity contribution in [1.82, 2.24) is 0 Å². The number of anilines is 3. The molecule has 0 saturated heterocycles. The second-order valence-corrected chi connectivity index (χ2v) is 13.1. The van der Waals surface area contributed by atoms with Gasteiger partial charge in [0.05, 0.1) is 0 Å². The summed E-state index contributed by atoms with van der Waals surface area (Å²) in [5.41, 5.74) is 3.77. The van der Waals surface area contributed by atoms with Gasteiger partial charge in [0.15, 0.2) is 0 Å². The van der Waals surface area contributed by atoms with E-state index in [4.69, 9.17) is 0 Å². The van der Waals surface area contributed by atoms with Crippen molar-refractivity contribution in [3.05, 3.63) is 118 Å². The van der Waals surface area contributed by atoms with Crippen molar-refractivity contribution in [3.8, 4) is 0 Å². The molecule has 1 aliphatic carbocycles. The Kier molecular flexibility index (Phi) is 4.80. The summed E-state index contributed by atoms with van der Waals surface area (Å²) in [5, 5.41) is 1.96. The predicted octanol–water partition coefficient (Wildman–Crippen LogP) is 4.80. The third-order valence-electron chi connectivity index (χ3n) is 6.42. The van der Waals surface area contributed by atoms with Crippen LogP contribution in [0.1, 0.15) is 25.2 Å². The van der Waals surface area contributed by atoms with Crippen LogP contribution >= 0.6 is 0 Å². The number of para-hydroxylation sites is 2. The molecule has 35 heavy (non-hydrogen) atoms. The summed E-state index contributed by atoms with van der Waals surface area (Å²) < 4.78 is 4.98. The fraction of sp³-hybridized carbons (Fsp3) is 0. The molecular formula is C30H17NO2Se2. The number of nitrogens with zero attached hydrogens (tertiary/aromatic N) is 1. The normalized spacial score (nSPS) is 14.2. The van der Waals surface area contributed by atoms with Crippen LogP contribution in [0.2, 0.25) is 0 Å². The quantitative estimate of drug-likeness (QED) is 0.168. The van der Waals surface area contributed by atoms with Crippen molar-refractivity contribution in [1.29, 1.82) is 0 Å². The average molecular weight is 581 g/mol. The average Bonchev–Trinajstić information content (AvgIpc) is 3.44. The molecule has 1 aliphatic heterocycles. The predicted molar refractivity (Wildman–Crippen MR) is 144 cm³/mol. The molecule has 5 heteroatoms. The number of ketones is 2. The van der Waals surface area contributed by atoms with Crippen LogP contribution in [0.5, 0.6) is 0 Å². The van der Waals surface area contributed by atoms with Crippen LogP contribution in [0, 0.1) is 0 Å². The Hall–Kier alpha value is -3.46. The van der Waals surface area contributed by atoms with Crippen molar-refractivity contribution in [3.63, 3.8) is 0 Å². The number of hydrogen-bond acceptors (Lipinski definition) is 3. The van der Waals surface area contributed by atoms with Crippen LogP contribution in [0.15, 0.2) is 103 Å². The van der Waals surface area contributed by atoms with E-state index in [9.17, 15) is 9.59 Å². The van der Waals surface area contributed by atoms with Gasteiger partial charge in [-0.15, -0.1) is 0 Å². The van der Waals surface area contributed by atoms with Crippen LogP contribution in [0.3, 0.4) is 0 Å². The summed E-state index contributed by atoms with van der Waals surface area (Å²) in [6.07, 6.45) is 1.82. The minimum atomic E-state index is -0.169. The van der Waals surface area contributed by atoms with E-state index >= 15 is 0 Å². The van der Waals surface area contributed by atoms with Gasteiger partial charge in [0.1, 0.15) is 0 Å². The number of Topliss-reactive ketones (excluding diaryl/α,β-unsaturated/α-hetero) is 2. The number of hydrogen-bond donors (Lipinski definition) is 0. The van der Waals surface area contributed by atoms with Gasteiger partial charge >= 0.3 is 215 Å². The van der Waals surface area contributed by atoms with Crippen molar-refractivity contribution in [2.24, 2.45) is 0 Å². The third kappa shape index (κ3) is 3.32. The SMILES string of the molecule is O=C1C(=Cc2ccc(N3c4ccccc4[Se]c4ccccc43)[se]2)C(=O)c2cc3ccccc3cc21. The molecule has 7 rings (SSSR count). The molecule has 5 aromatic rings. The van der Waals surface area contributed by atoms with E-state index < -0.39 is 0 Å². The van der Waals surface area contributed by atoms with Gasteiger partial charge in [0.2, 0.25) is 0 Å². The first kappa shape index (κ1) is 20.9. The van der Waals surface area contributed by atoms with Crippen molar-refractivity contribution < 1.29 is 9.59 Å². The van der Waals surface area contributed by atoms with Crippen LogP contribution in [0.25, 0.3) is 16.8 Å². The number of carbonyl (C=O) groups excluding carboxylic acids is 2. The molecule has 4 aromatic carbocycles. The summed E-state index contributed by atoms with van der Waals surface area (Å²) >= 11 is 0.240. The van der Waals surface area contributed by atoms with Crippen molar-refractivity contribution in [2.75, 3.05) is 4.90 Å². The van der Waals surface area contributed by atoms with Gasteiger partial charge in [0, 0.05) is 0 Å². The molecule has 0 radical (unpaired) electrons. The second-order valence-electron chi connectivity index (χ2n) is 8.51. The summed E-state index contributed by atoms with van der Waals surface area (Å²) in [4.78, 5) is 28.8. The monoisotopic (exact) mass is 583 g/mol. The molecule has 3 nitrogen and oxygen atoms in total. The topological polar surface area (TPSA) is 37.4 Å². The number of benzene rings is 4. The Morgan fingerprint density at radius 2 is 1.17 bits per heavy atom. The number of fused-ring (bicyclic) bond motifs is 4. The summed E-state index contributed by atoms with van der Waals surface area (Å²) in [6.45, 7) is 0. The van der Waals surface area contributed by atoms with Crippen molar-refractivity contribution >= 4 is 82.7 Å². The summed E-state index contributed by atoms with van der Waals surface area (Å²) in [7, 11) is 0. The van der Waals surface area contributed by atoms with E-state index in [1.807, 2.05) is 42.5 Å². The van der Waals surface area contributed by atoms with Crippen LogP contribution in [-0.2, 0) is 0 Å². The Bertz CT molecular complexity index is 1630. The van der Waals surface area contributed by atoms with E-state index in [0.29, 0.717) is 11.1 Å². The standard InChI is InChI=1S/C30H17NO2Se2/c32-29-21-15-18-7-1-2-8-19(18)16-22(21)30(33)23(29)17-20-13-14-28(34-20)31-24-9-3-5-11-26(24)35-27-12-6-4-10-25(27)31/h1-17H. The second kappa shape index (κ2) is 8.05. The zero-order chi connectivity index (χ0) is 23.5. The van der Waals surface area contributed by atoms with E-state index in [1.165, 1.54) is 24.9 Å². The van der Waals surface area contributed by atoms with E-state index in [1.54, 1.807) is 0 Å². The molecule has 0 unspecified atom stereocenters. The minimum absolute atomic E-state index is 0.0301. The molecular weight excluding hydrogens is 564 g/mol. The number of rotatable bonds is 2.